The van der Waals surface area contributed by atoms with E-state index in [0.717, 1.165) is 60.1 Å². The number of carbonyl (C=O) groups is 1. The molecule has 0 bridgehead atoms. The van der Waals surface area contributed by atoms with E-state index in [-0.39, 0.29) is 17.9 Å². The van der Waals surface area contributed by atoms with Gasteiger partial charge in [-0.25, -0.2) is 4.79 Å². The number of hydrogen-bond acceptors (Lipinski definition) is 5. The molecule has 5 rings (SSSR count). The van der Waals surface area contributed by atoms with Crippen LogP contribution < -0.4 is 4.74 Å². The number of rotatable bonds is 6. The Morgan fingerprint density at radius 2 is 2.18 bits per heavy atom. The molecule has 1 saturated heterocycles. The highest BCUT2D eigenvalue weighted by Gasteiger charge is 2.42. The first kappa shape index (κ1) is 21.6. The third-order valence-electron chi connectivity index (χ3n) is 7.44. The number of ether oxygens (including phenoxy) is 2. The summed E-state index contributed by atoms with van der Waals surface area (Å²) < 4.78 is 16.4. The van der Waals surface area contributed by atoms with Crippen LogP contribution in [0.15, 0.2) is 47.0 Å². The van der Waals surface area contributed by atoms with E-state index in [0.29, 0.717) is 5.57 Å². The Morgan fingerprint density at radius 1 is 1.33 bits per heavy atom. The van der Waals surface area contributed by atoms with E-state index in [1.54, 1.807) is 19.6 Å². The molecule has 0 saturated carbocycles. The summed E-state index contributed by atoms with van der Waals surface area (Å²) in [5, 5.41) is 11.0. The van der Waals surface area contributed by atoms with Crippen LogP contribution in [0.2, 0.25) is 0 Å². The Balaban J connectivity index is 1.60. The fourth-order valence-electron chi connectivity index (χ4n) is 5.90. The quantitative estimate of drug-likeness (QED) is 0.406. The number of H-pyrrole nitrogens is 1. The van der Waals surface area contributed by atoms with Crippen LogP contribution in [-0.4, -0.2) is 48.3 Å². The van der Waals surface area contributed by atoms with Crippen LogP contribution >= 0.6 is 0 Å². The Hall–Kier alpha value is -3.19. The predicted molar refractivity (Wildman–Crippen MR) is 125 cm³/mol. The number of aromatic nitrogens is 1. The zero-order valence-corrected chi connectivity index (χ0v) is 19.3. The monoisotopic (exact) mass is 450 g/mol. The SMILES string of the molecule is CC[C@@H]1CN2CCc3c([nH]c4ccc(-c5ccoc5)c(OC)c34)C2C[C@@H]1C(=COC)C(=O)O. The fraction of sp³-hybridized carbons (Fsp3) is 0.423. The van der Waals surface area contributed by atoms with Gasteiger partial charge in [0.1, 0.15) is 5.75 Å². The summed E-state index contributed by atoms with van der Waals surface area (Å²) in [5.74, 6) is 0.179. The first-order chi connectivity index (χ1) is 16.1. The van der Waals surface area contributed by atoms with Gasteiger partial charge >= 0.3 is 5.97 Å². The first-order valence-electron chi connectivity index (χ1n) is 11.5. The highest BCUT2D eigenvalue weighted by Crippen LogP contribution is 2.48. The lowest BCUT2D eigenvalue weighted by molar-refractivity contribution is -0.134. The number of carboxylic acid groups (broad SMARTS) is 1. The molecule has 7 nitrogen and oxygen atoms in total. The fourth-order valence-corrected chi connectivity index (χ4v) is 5.90. The molecule has 2 N–H and O–H groups in total. The normalized spacial score (nSPS) is 23.2. The minimum atomic E-state index is -0.896. The van der Waals surface area contributed by atoms with Crippen molar-refractivity contribution >= 4 is 16.9 Å². The topological polar surface area (TPSA) is 87.9 Å². The first-order valence-corrected chi connectivity index (χ1v) is 11.5. The molecule has 2 aliphatic heterocycles. The van der Waals surface area contributed by atoms with Gasteiger partial charge in [0, 0.05) is 40.8 Å². The third-order valence-corrected chi connectivity index (χ3v) is 7.44. The van der Waals surface area contributed by atoms with Gasteiger partial charge in [-0.2, -0.15) is 0 Å². The van der Waals surface area contributed by atoms with Gasteiger partial charge in [0.2, 0.25) is 0 Å². The number of aromatic amines is 1. The van der Waals surface area contributed by atoms with Crippen LogP contribution in [0.3, 0.4) is 0 Å². The van der Waals surface area contributed by atoms with E-state index in [9.17, 15) is 9.90 Å². The molecule has 174 valence electrons. The molecule has 0 aliphatic carbocycles. The maximum atomic E-state index is 12.0. The van der Waals surface area contributed by atoms with Gasteiger partial charge < -0.3 is 24.0 Å². The molecule has 1 fully saturated rings. The van der Waals surface area contributed by atoms with Crippen LogP contribution in [0, 0.1) is 11.8 Å². The van der Waals surface area contributed by atoms with Crippen molar-refractivity contribution in [1.82, 2.24) is 9.88 Å². The molecule has 2 aromatic heterocycles. The maximum Gasteiger partial charge on any atom is 0.334 e. The maximum absolute atomic E-state index is 12.0. The highest BCUT2D eigenvalue weighted by molar-refractivity contribution is 5.97. The van der Waals surface area contributed by atoms with Gasteiger partial charge in [-0.15, -0.1) is 0 Å². The minimum absolute atomic E-state index is 0.0607. The van der Waals surface area contributed by atoms with E-state index < -0.39 is 5.97 Å². The van der Waals surface area contributed by atoms with Crippen molar-refractivity contribution in [3.05, 3.63) is 53.8 Å². The van der Waals surface area contributed by atoms with Crippen LogP contribution in [-0.2, 0) is 16.0 Å². The van der Waals surface area contributed by atoms with Crippen molar-refractivity contribution in [2.45, 2.75) is 32.2 Å². The molecule has 1 unspecified atom stereocenters. The zero-order chi connectivity index (χ0) is 23.1. The summed E-state index contributed by atoms with van der Waals surface area (Å²) in [6, 6.07) is 6.24. The average Bonchev–Trinajstić information content (AvgIpc) is 3.49. The second-order valence-corrected chi connectivity index (χ2v) is 8.98. The number of benzene rings is 1. The summed E-state index contributed by atoms with van der Waals surface area (Å²) in [7, 11) is 3.23. The van der Waals surface area contributed by atoms with Gasteiger partial charge in [-0.1, -0.05) is 13.3 Å². The number of nitrogens with one attached hydrogen (secondary N) is 1. The molecule has 0 radical (unpaired) electrons. The van der Waals surface area contributed by atoms with E-state index in [4.69, 9.17) is 13.9 Å². The Morgan fingerprint density at radius 3 is 2.85 bits per heavy atom. The number of aliphatic carboxylic acids is 1. The Labute approximate surface area is 193 Å². The number of carboxylic acids is 1. The summed E-state index contributed by atoms with van der Waals surface area (Å²) >= 11 is 0. The second-order valence-electron chi connectivity index (χ2n) is 8.98. The van der Waals surface area contributed by atoms with E-state index in [1.807, 2.05) is 6.07 Å². The van der Waals surface area contributed by atoms with Crippen LogP contribution in [0.1, 0.15) is 37.1 Å². The van der Waals surface area contributed by atoms with Crippen molar-refractivity contribution in [2.75, 3.05) is 27.3 Å². The van der Waals surface area contributed by atoms with E-state index in [1.165, 1.54) is 24.6 Å². The van der Waals surface area contributed by atoms with Gasteiger partial charge in [0.25, 0.3) is 0 Å². The second kappa shape index (κ2) is 8.63. The number of nitrogens with zero attached hydrogens (tertiary/aromatic N) is 1. The Kier molecular flexibility index (Phi) is 5.66. The highest BCUT2D eigenvalue weighted by atomic mass is 16.5. The van der Waals surface area contributed by atoms with Crippen LogP contribution in [0.5, 0.6) is 5.75 Å². The predicted octanol–water partition coefficient (Wildman–Crippen LogP) is 5.00. The Bertz CT molecular complexity index is 1190. The van der Waals surface area contributed by atoms with Gasteiger partial charge in [0.15, 0.2) is 0 Å². The van der Waals surface area contributed by atoms with E-state index >= 15 is 0 Å². The summed E-state index contributed by atoms with van der Waals surface area (Å²) in [5.41, 5.74) is 5.86. The van der Waals surface area contributed by atoms with Crippen molar-refractivity contribution in [1.29, 1.82) is 0 Å². The summed E-state index contributed by atoms with van der Waals surface area (Å²) in [6.07, 6.45) is 7.43. The molecule has 0 amide bonds. The van der Waals surface area contributed by atoms with Gasteiger partial charge in [-0.3, -0.25) is 4.90 Å². The molecule has 1 aromatic carbocycles. The molecular weight excluding hydrogens is 420 g/mol. The number of hydrogen-bond donors (Lipinski definition) is 2. The van der Waals surface area contributed by atoms with Crippen molar-refractivity contribution < 1.29 is 23.8 Å². The number of fused-ring (bicyclic) bond motifs is 5. The standard InChI is InChI=1S/C26H30N2O5/c1-4-15-12-28-9-7-18-23-21(6-5-17(25(23)32-3)16-8-10-33-13-16)27-24(18)22(28)11-19(15)20(14-31-2)26(29)30/h5-6,8,10,13-15,19,22,27H,4,7,9,11-12H2,1-3H3,(H,29,30)/t15-,19+,22?/m1/s1. The lowest BCUT2D eigenvalue weighted by Crippen LogP contribution is -2.46. The summed E-state index contributed by atoms with van der Waals surface area (Å²) in [4.78, 5) is 18.2. The number of piperidine rings is 1. The lowest BCUT2D eigenvalue weighted by Gasteiger charge is -2.46. The molecule has 4 heterocycles. The average molecular weight is 451 g/mol. The van der Waals surface area contributed by atoms with E-state index in [2.05, 4.69) is 28.9 Å². The van der Waals surface area contributed by atoms with Gasteiger partial charge in [0.05, 0.1) is 44.6 Å². The summed E-state index contributed by atoms with van der Waals surface area (Å²) in [6.45, 7) is 3.97. The molecule has 33 heavy (non-hydrogen) atoms. The number of methoxy groups -OCH3 is 2. The van der Waals surface area contributed by atoms with Crippen LogP contribution in [0.4, 0.5) is 0 Å². The minimum Gasteiger partial charge on any atom is -0.504 e. The largest absolute Gasteiger partial charge is 0.504 e. The molecule has 2 aliphatic rings. The molecule has 3 atom stereocenters. The molecule has 7 heteroatoms. The zero-order valence-electron chi connectivity index (χ0n) is 19.3. The molecule has 3 aromatic rings. The van der Waals surface area contributed by atoms with Crippen molar-refractivity contribution in [3.8, 4) is 16.9 Å². The molecule has 0 spiro atoms. The van der Waals surface area contributed by atoms with Gasteiger partial charge in [-0.05, 0) is 48.4 Å². The van der Waals surface area contributed by atoms with Crippen molar-refractivity contribution in [2.24, 2.45) is 11.8 Å². The number of furan rings is 1. The van der Waals surface area contributed by atoms with Crippen LogP contribution in [0.25, 0.3) is 22.0 Å². The molecular formula is C26H30N2O5. The lowest BCUT2D eigenvalue weighted by atomic mass is 9.74. The van der Waals surface area contributed by atoms with Crippen molar-refractivity contribution in [3.63, 3.8) is 0 Å². The third kappa shape index (κ3) is 3.51. The smallest absolute Gasteiger partial charge is 0.334 e.